The zero-order valence-corrected chi connectivity index (χ0v) is 8.78. The van der Waals surface area contributed by atoms with Crippen LogP contribution in [0.4, 0.5) is 0 Å². The van der Waals surface area contributed by atoms with Gasteiger partial charge in [0.05, 0.1) is 0 Å². The van der Waals surface area contributed by atoms with Crippen LogP contribution in [0.3, 0.4) is 0 Å². The van der Waals surface area contributed by atoms with E-state index in [0.717, 1.165) is 12.8 Å². The molecular weight excluding hydrogens is 174 g/mol. The van der Waals surface area contributed by atoms with Gasteiger partial charge in [-0.25, -0.2) is 0 Å². The molecule has 0 aromatic heterocycles. The largest absolute Gasteiger partial charge is 0.0996 e. The van der Waals surface area contributed by atoms with Gasteiger partial charge in [-0.2, -0.15) is 0 Å². The second-order valence-electron chi connectivity index (χ2n) is 4.05. The zero-order valence-electron chi connectivity index (χ0n) is 8.78. The predicted octanol–water partition coefficient (Wildman–Crippen LogP) is 4.21. The predicted molar refractivity (Wildman–Crippen MR) is 59.0 cm³/mol. The van der Waals surface area contributed by atoms with Gasteiger partial charge >= 0.3 is 0 Å². The van der Waals surface area contributed by atoms with Crippen molar-refractivity contribution < 1.29 is 0 Å². The van der Waals surface area contributed by atoms with Gasteiger partial charge in [-0.1, -0.05) is 30.1 Å². The summed E-state index contributed by atoms with van der Waals surface area (Å²) in [6.07, 6.45) is 8.65. The van der Waals surface area contributed by atoms with Crippen LogP contribution in [0.25, 0.3) is 10.4 Å². The van der Waals surface area contributed by atoms with Gasteiger partial charge in [0.15, 0.2) is 0 Å². The van der Waals surface area contributed by atoms with E-state index in [1.807, 2.05) is 0 Å². The van der Waals surface area contributed by atoms with Crippen molar-refractivity contribution in [2.24, 2.45) is 11.0 Å². The van der Waals surface area contributed by atoms with Gasteiger partial charge in [-0.05, 0) is 43.6 Å². The summed E-state index contributed by atoms with van der Waals surface area (Å²) in [5, 5.41) is 3.56. The summed E-state index contributed by atoms with van der Waals surface area (Å²) in [6, 6.07) is 0. The molecule has 1 saturated carbocycles. The van der Waals surface area contributed by atoms with Gasteiger partial charge in [0, 0.05) is 11.5 Å². The average molecular weight is 193 g/mol. The van der Waals surface area contributed by atoms with Crippen molar-refractivity contribution in [3.05, 3.63) is 22.6 Å². The third-order valence-electron chi connectivity index (χ3n) is 3.00. The molecule has 1 unspecified atom stereocenters. The first-order chi connectivity index (χ1) is 6.84. The zero-order chi connectivity index (χ0) is 10.2. The van der Waals surface area contributed by atoms with Crippen LogP contribution < -0.4 is 0 Å². The molecule has 0 radical (unpaired) electrons. The van der Waals surface area contributed by atoms with Crippen LogP contribution in [-0.2, 0) is 0 Å². The number of rotatable bonds is 4. The molecule has 1 rings (SSSR count). The summed E-state index contributed by atoms with van der Waals surface area (Å²) in [5.41, 5.74) is 9.56. The van der Waals surface area contributed by atoms with Gasteiger partial charge in [-0.3, -0.25) is 0 Å². The summed E-state index contributed by atoms with van der Waals surface area (Å²) in [7, 11) is 0. The van der Waals surface area contributed by atoms with Crippen LogP contribution in [0.5, 0.6) is 0 Å². The monoisotopic (exact) mass is 193 g/mol. The lowest BCUT2D eigenvalue weighted by atomic mass is 9.91. The van der Waals surface area contributed by atoms with E-state index < -0.39 is 0 Å². The van der Waals surface area contributed by atoms with Crippen molar-refractivity contribution in [3.63, 3.8) is 0 Å². The third kappa shape index (κ3) is 3.84. The van der Waals surface area contributed by atoms with Gasteiger partial charge in [0.2, 0.25) is 0 Å². The van der Waals surface area contributed by atoms with Crippen molar-refractivity contribution >= 4 is 0 Å². The normalized spacial score (nSPS) is 22.6. The Morgan fingerprint density at radius 2 is 2.29 bits per heavy atom. The standard InChI is InChI=1S/C11H19N3/c1-10-6-3-2-4-7-11(10)8-5-9-13-14-12/h11H,1-9H2. The maximum atomic E-state index is 8.14. The Labute approximate surface area is 85.8 Å². The van der Waals surface area contributed by atoms with E-state index in [0.29, 0.717) is 12.5 Å². The minimum Gasteiger partial charge on any atom is -0.0996 e. The van der Waals surface area contributed by atoms with E-state index in [1.54, 1.807) is 0 Å². The minimum absolute atomic E-state index is 0.639. The summed E-state index contributed by atoms with van der Waals surface area (Å²) in [6.45, 7) is 4.79. The van der Waals surface area contributed by atoms with Crippen LogP contribution in [-0.4, -0.2) is 6.54 Å². The number of hydrogen-bond donors (Lipinski definition) is 0. The molecule has 1 aliphatic rings. The highest BCUT2D eigenvalue weighted by molar-refractivity contribution is 5.01. The van der Waals surface area contributed by atoms with Crippen LogP contribution >= 0.6 is 0 Å². The van der Waals surface area contributed by atoms with E-state index in [4.69, 9.17) is 5.53 Å². The lowest BCUT2D eigenvalue weighted by molar-refractivity contribution is 0.496. The molecule has 14 heavy (non-hydrogen) atoms. The number of azide groups is 1. The minimum atomic E-state index is 0.639. The third-order valence-corrected chi connectivity index (χ3v) is 3.00. The number of nitrogens with zero attached hydrogens (tertiary/aromatic N) is 3. The summed E-state index contributed by atoms with van der Waals surface area (Å²) < 4.78 is 0. The van der Waals surface area contributed by atoms with E-state index in [1.165, 1.54) is 37.7 Å². The second-order valence-corrected chi connectivity index (χ2v) is 4.05. The fourth-order valence-corrected chi connectivity index (χ4v) is 2.13. The maximum absolute atomic E-state index is 8.14. The molecule has 3 heteroatoms. The van der Waals surface area contributed by atoms with E-state index >= 15 is 0 Å². The topological polar surface area (TPSA) is 48.8 Å². The molecular formula is C11H19N3. The summed E-state index contributed by atoms with van der Waals surface area (Å²) in [5.74, 6) is 0.686. The molecule has 1 aliphatic carbocycles. The Morgan fingerprint density at radius 3 is 3.07 bits per heavy atom. The molecule has 1 fully saturated rings. The molecule has 0 N–H and O–H groups in total. The summed E-state index contributed by atoms with van der Waals surface area (Å²) >= 11 is 0. The van der Waals surface area contributed by atoms with Crippen molar-refractivity contribution in [2.45, 2.75) is 44.9 Å². The Kier molecular flexibility index (Phi) is 5.16. The highest BCUT2D eigenvalue weighted by atomic mass is 15.1. The van der Waals surface area contributed by atoms with E-state index in [9.17, 15) is 0 Å². The molecule has 0 heterocycles. The van der Waals surface area contributed by atoms with E-state index in [2.05, 4.69) is 16.6 Å². The maximum Gasteiger partial charge on any atom is 0.0258 e. The molecule has 0 saturated heterocycles. The quantitative estimate of drug-likeness (QED) is 0.160. The van der Waals surface area contributed by atoms with Crippen LogP contribution in [0.15, 0.2) is 17.3 Å². The highest BCUT2D eigenvalue weighted by Crippen LogP contribution is 2.30. The van der Waals surface area contributed by atoms with Crippen molar-refractivity contribution in [3.8, 4) is 0 Å². The Bertz CT molecular complexity index is 229. The Morgan fingerprint density at radius 1 is 1.43 bits per heavy atom. The number of hydrogen-bond acceptors (Lipinski definition) is 1. The first kappa shape index (κ1) is 11.1. The molecule has 3 nitrogen and oxygen atoms in total. The summed E-state index contributed by atoms with van der Waals surface area (Å²) in [4.78, 5) is 2.76. The van der Waals surface area contributed by atoms with E-state index in [-0.39, 0.29) is 0 Å². The van der Waals surface area contributed by atoms with Gasteiger partial charge in [-0.15, -0.1) is 0 Å². The highest BCUT2D eigenvalue weighted by Gasteiger charge is 2.14. The molecule has 0 aromatic carbocycles. The lowest BCUT2D eigenvalue weighted by Crippen LogP contribution is -2.02. The molecule has 1 atom stereocenters. The second kappa shape index (κ2) is 6.50. The SMILES string of the molecule is C=C1CCCCCC1CCCN=[N+]=[N-]. The smallest absolute Gasteiger partial charge is 0.0258 e. The first-order valence-electron chi connectivity index (χ1n) is 5.53. The first-order valence-corrected chi connectivity index (χ1v) is 5.53. The molecule has 0 aliphatic heterocycles. The van der Waals surface area contributed by atoms with Gasteiger partial charge in [0.1, 0.15) is 0 Å². The van der Waals surface area contributed by atoms with Gasteiger partial charge in [0.25, 0.3) is 0 Å². The van der Waals surface area contributed by atoms with Crippen molar-refractivity contribution in [1.29, 1.82) is 0 Å². The molecule has 0 bridgehead atoms. The fourth-order valence-electron chi connectivity index (χ4n) is 2.13. The Balaban J connectivity index is 2.26. The average Bonchev–Trinajstić information content (AvgIpc) is 2.39. The van der Waals surface area contributed by atoms with Crippen molar-refractivity contribution in [1.82, 2.24) is 0 Å². The lowest BCUT2D eigenvalue weighted by Gasteiger charge is -2.15. The van der Waals surface area contributed by atoms with Crippen LogP contribution in [0, 0.1) is 5.92 Å². The molecule has 0 spiro atoms. The van der Waals surface area contributed by atoms with Crippen molar-refractivity contribution in [2.75, 3.05) is 6.54 Å². The molecule has 0 amide bonds. The number of allylic oxidation sites excluding steroid dienone is 1. The fraction of sp³-hybridized carbons (Fsp3) is 0.818. The molecule has 0 aromatic rings. The van der Waals surface area contributed by atoms with Gasteiger partial charge < -0.3 is 0 Å². The Hall–Kier alpha value is -0.950. The van der Waals surface area contributed by atoms with Crippen LogP contribution in [0.1, 0.15) is 44.9 Å². The van der Waals surface area contributed by atoms with Crippen LogP contribution in [0.2, 0.25) is 0 Å². The molecule has 78 valence electrons.